The first-order valence-electron chi connectivity index (χ1n) is 8.47. The van der Waals surface area contributed by atoms with Crippen molar-refractivity contribution in [3.8, 4) is 0 Å². The van der Waals surface area contributed by atoms with Crippen LogP contribution < -0.4 is 10.6 Å². The van der Waals surface area contributed by atoms with Crippen LogP contribution in [0.1, 0.15) is 31.1 Å². The van der Waals surface area contributed by atoms with E-state index in [0.717, 1.165) is 11.0 Å². The van der Waals surface area contributed by atoms with Crippen LogP contribution in [0.3, 0.4) is 0 Å². The van der Waals surface area contributed by atoms with Crippen molar-refractivity contribution in [3.63, 3.8) is 0 Å². The van der Waals surface area contributed by atoms with Crippen LogP contribution in [-0.4, -0.2) is 27.9 Å². The van der Waals surface area contributed by atoms with E-state index in [1.165, 1.54) is 0 Å². The summed E-state index contributed by atoms with van der Waals surface area (Å²) in [6, 6.07) is 16.5. The van der Waals surface area contributed by atoms with E-state index in [2.05, 4.69) is 15.6 Å². The summed E-state index contributed by atoms with van der Waals surface area (Å²) < 4.78 is 1.99. The van der Waals surface area contributed by atoms with Gasteiger partial charge in [-0.3, -0.25) is 14.9 Å². The molecular formula is C20H22N4O2. The van der Waals surface area contributed by atoms with Crippen molar-refractivity contribution in [1.82, 2.24) is 14.9 Å². The second-order valence-electron chi connectivity index (χ2n) is 7.03. The number of hydrogen-bond acceptors (Lipinski definition) is 3. The fraction of sp³-hybridized carbons (Fsp3) is 0.250. The van der Waals surface area contributed by atoms with Crippen LogP contribution in [0.25, 0.3) is 11.0 Å². The van der Waals surface area contributed by atoms with E-state index in [4.69, 9.17) is 0 Å². The number of carbonyl (C=O) groups excluding carboxylic acids is 2. The summed E-state index contributed by atoms with van der Waals surface area (Å²) in [6.07, 6.45) is 0. The Morgan fingerprint density at radius 3 is 2.35 bits per heavy atom. The van der Waals surface area contributed by atoms with E-state index in [1.54, 1.807) is 24.3 Å². The summed E-state index contributed by atoms with van der Waals surface area (Å²) in [7, 11) is 0. The van der Waals surface area contributed by atoms with E-state index in [1.807, 2.05) is 55.7 Å². The van der Waals surface area contributed by atoms with Crippen molar-refractivity contribution in [2.24, 2.45) is 0 Å². The van der Waals surface area contributed by atoms with Gasteiger partial charge in [-0.2, -0.15) is 0 Å². The highest BCUT2D eigenvalue weighted by Gasteiger charge is 2.22. The minimum Gasteiger partial charge on any atom is -0.343 e. The lowest BCUT2D eigenvalue weighted by Gasteiger charge is -2.24. The minimum absolute atomic E-state index is 0.124. The molecule has 0 atom stereocenters. The molecule has 3 aromatic rings. The maximum absolute atomic E-state index is 12.3. The Labute approximate surface area is 152 Å². The van der Waals surface area contributed by atoms with Gasteiger partial charge in [0, 0.05) is 11.1 Å². The number of amides is 2. The molecule has 0 saturated carbocycles. The largest absolute Gasteiger partial charge is 0.343 e. The number of anilines is 1. The van der Waals surface area contributed by atoms with Gasteiger partial charge in [0.1, 0.15) is 0 Å². The zero-order valence-corrected chi connectivity index (χ0v) is 15.1. The number of fused-ring (bicyclic) bond motifs is 1. The highest BCUT2D eigenvalue weighted by atomic mass is 16.2. The lowest BCUT2D eigenvalue weighted by Crippen LogP contribution is -2.34. The SMILES string of the molecule is CC(C)(C)n1c(NC(=O)CNC(=O)c2ccccc2)nc2ccccc21. The first-order chi connectivity index (χ1) is 12.4. The maximum Gasteiger partial charge on any atom is 0.251 e. The fourth-order valence-corrected chi connectivity index (χ4v) is 2.81. The van der Waals surface area contributed by atoms with Crippen molar-refractivity contribution < 1.29 is 9.59 Å². The second-order valence-corrected chi connectivity index (χ2v) is 7.03. The minimum atomic E-state index is -0.324. The number of aromatic nitrogens is 2. The van der Waals surface area contributed by atoms with Gasteiger partial charge in [-0.15, -0.1) is 0 Å². The van der Waals surface area contributed by atoms with Crippen molar-refractivity contribution in [2.75, 3.05) is 11.9 Å². The molecule has 0 fully saturated rings. The van der Waals surface area contributed by atoms with Crippen molar-refractivity contribution >= 4 is 28.8 Å². The smallest absolute Gasteiger partial charge is 0.251 e. The third kappa shape index (κ3) is 3.74. The van der Waals surface area contributed by atoms with Crippen LogP contribution >= 0.6 is 0 Å². The van der Waals surface area contributed by atoms with E-state index in [9.17, 15) is 9.59 Å². The summed E-state index contributed by atoms with van der Waals surface area (Å²) in [5, 5.41) is 5.43. The van der Waals surface area contributed by atoms with E-state index >= 15 is 0 Å². The van der Waals surface area contributed by atoms with Crippen LogP contribution in [0.2, 0.25) is 0 Å². The van der Waals surface area contributed by atoms with Gasteiger partial charge in [0.15, 0.2) is 0 Å². The zero-order valence-electron chi connectivity index (χ0n) is 15.1. The third-order valence-corrected chi connectivity index (χ3v) is 3.93. The van der Waals surface area contributed by atoms with Gasteiger partial charge in [-0.1, -0.05) is 30.3 Å². The molecule has 6 nitrogen and oxygen atoms in total. The van der Waals surface area contributed by atoms with Gasteiger partial charge >= 0.3 is 0 Å². The first kappa shape index (κ1) is 17.7. The zero-order chi connectivity index (χ0) is 18.7. The topological polar surface area (TPSA) is 76.0 Å². The average Bonchev–Trinajstić information content (AvgIpc) is 2.98. The maximum atomic E-state index is 12.3. The molecule has 0 spiro atoms. The molecular weight excluding hydrogens is 328 g/mol. The van der Waals surface area contributed by atoms with Crippen LogP contribution in [0.4, 0.5) is 5.95 Å². The molecule has 3 rings (SSSR count). The van der Waals surface area contributed by atoms with Gasteiger partial charge in [0.05, 0.1) is 17.6 Å². The fourth-order valence-electron chi connectivity index (χ4n) is 2.81. The molecule has 0 aliphatic carbocycles. The summed E-state index contributed by atoms with van der Waals surface area (Å²) in [4.78, 5) is 28.9. The molecule has 1 aromatic heterocycles. The van der Waals surface area contributed by atoms with E-state index in [0.29, 0.717) is 11.5 Å². The predicted octanol–water partition coefficient (Wildman–Crippen LogP) is 3.16. The van der Waals surface area contributed by atoms with Gasteiger partial charge in [-0.05, 0) is 45.0 Å². The van der Waals surface area contributed by atoms with Crippen LogP contribution in [-0.2, 0) is 10.3 Å². The quantitative estimate of drug-likeness (QED) is 0.759. The van der Waals surface area contributed by atoms with Gasteiger partial charge in [0.25, 0.3) is 5.91 Å². The molecule has 0 aliphatic rings. The predicted molar refractivity (Wildman–Crippen MR) is 102 cm³/mol. The molecule has 6 heteroatoms. The average molecular weight is 350 g/mol. The molecule has 0 saturated heterocycles. The number of para-hydroxylation sites is 2. The number of nitrogens with one attached hydrogen (secondary N) is 2. The van der Waals surface area contributed by atoms with Crippen molar-refractivity contribution in [2.45, 2.75) is 26.3 Å². The standard InChI is InChI=1S/C20H22N4O2/c1-20(2,3)24-16-12-8-7-11-15(16)22-19(24)23-17(25)13-21-18(26)14-9-5-4-6-10-14/h4-12H,13H2,1-3H3,(H,21,26)(H,22,23,25). The van der Waals surface area contributed by atoms with Crippen molar-refractivity contribution in [3.05, 3.63) is 60.2 Å². The molecule has 26 heavy (non-hydrogen) atoms. The Morgan fingerprint density at radius 2 is 1.65 bits per heavy atom. The number of carbonyl (C=O) groups is 2. The Kier molecular flexibility index (Phi) is 4.75. The summed E-state index contributed by atoms with van der Waals surface area (Å²) in [6.45, 7) is 6.02. The normalized spacial score (nSPS) is 11.3. The molecule has 0 bridgehead atoms. The van der Waals surface area contributed by atoms with E-state index in [-0.39, 0.29) is 23.9 Å². The lowest BCUT2D eigenvalue weighted by atomic mass is 10.1. The molecule has 2 amide bonds. The Balaban J connectivity index is 1.74. The van der Waals surface area contributed by atoms with Crippen molar-refractivity contribution in [1.29, 1.82) is 0 Å². The molecule has 1 heterocycles. The number of benzene rings is 2. The number of imidazole rings is 1. The third-order valence-electron chi connectivity index (χ3n) is 3.93. The number of rotatable bonds is 4. The monoisotopic (exact) mass is 350 g/mol. The Bertz CT molecular complexity index is 939. The Hall–Kier alpha value is -3.15. The molecule has 0 unspecified atom stereocenters. The van der Waals surface area contributed by atoms with Crippen LogP contribution in [0.5, 0.6) is 0 Å². The summed E-state index contributed by atoms with van der Waals surface area (Å²) in [5.74, 6) is -0.141. The summed E-state index contributed by atoms with van der Waals surface area (Å²) >= 11 is 0. The van der Waals surface area contributed by atoms with Gasteiger partial charge in [0.2, 0.25) is 11.9 Å². The molecule has 2 aromatic carbocycles. The lowest BCUT2D eigenvalue weighted by molar-refractivity contribution is -0.115. The van der Waals surface area contributed by atoms with Gasteiger partial charge in [-0.25, -0.2) is 4.98 Å². The number of nitrogens with zero attached hydrogens (tertiary/aromatic N) is 2. The van der Waals surface area contributed by atoms with Crippen LogP contribution in [0, 0.1) is 0 Å². The molecule has 0 aliphatic heterocycles. The molecule has 134 valence electrons. The van der Waals surface area contributed by atoms with Crippen LogP contribution in [0.15, 0.2) is 54.6 Å². The second kappa shape index (κ2) is 7.00. The highest BCUT2D eigenvalue weighted by Crippen LogP contribution is 2.27. The molecule has 2 N–H and O–H groups in total. The van der Waals surface area contributed by atoms with Gasteiger partial charge < -0.3 is 9.88 Å². The van der Waals surface area contributed by atoms with E-state index < -0.39 is 0 Å². The Morgan fingerprint density at radius 1 is 1.00 bits per heavy atom. The summed E-state index contributed by atoms with van der Waals surface area (Å²) in [5.41, 5.74) is 2.02. The molecule has 0 radical (unpaired) electrons. The highest BCUT2D eigenvalue weighted by molar-refractivity contribution is 5.99. The number of hydrogen-bond donors (Lipinski definition) is 2. The first-order valence-corrected chi connectivity index (χ1v) is 8.47.